The van der Waals surface area contributed by atoms with Crippen molar-refractivity contribution in [1.82, 2.24) is 9.78 Å². The highest BCUT2D eigenvalue weighted by molar-refractivity contribution is 5.30. The van der Waals surface area contributed by atoms with E-state index in [1.54, 1.807) is 4.68 Å². The van der Waals surface area contributed by atoms with Crippen molar-refractivity contribution in [3.05, 3.63) is 60.4 Å². The third kappa shape index (κ3) is 2.82. The molecule has 0 bridgehead atoms. The fraction of sp³-hybridized carbons (Fsp3) is 0.214. The fourth-order valence-electron chi connectivity index (χ4n) is 1.67. The van der Waals surface area contributed by atoms with E-state index in [-0.39, 0.29) is 0 Å². The molecule has 0 spiro atoms. The van der Waals surface area contributed by atoms with E-state index in [0.29, 0.717) is 12.1 Å². The van der Waals surface area contributed by atoms with Gasteiger partial charge in [0, 0.05) is 6.20 Å². The number of rotatable bonds is 4. The summed E-state index contributed by atoms with van der Waals surface area (Å²) in [4.78, 5) is 0. The Morgan fingerprint density at radius 2 is 2.06 bits per heavy atom. The maximum absolute atomic E-state index is 9.91. The van der Waals surface area contributed by atoms with Gasteiger partial charge in [-0.25, -0.2) is 4.68 Å². The SMILES string of the molecule is C=C(C)CC(O)c1ccn(-c2ccccc2)n1. The maximum atomic E-state index is 9.91. The van der Waals surface area contributed by atoms with Crippen LogP contribution in [-0.4, -0.2) is 14.9 Å². The van der Waals surface area contributed by atoms with Crippen LogP contribution >= 0.6 is 0 Å². The second kappa shape index (κ2) is 4.97. The van der Waals surface area contributed by atoms with Crippen molar-refractivity contribution in [2.45, 2.75) is 19.4 Å². The molecule has 1 heterocycles. The lowest BCUT2D eigenvalue weighted by Crippen LogP contribution is -2.01. The van der Waals surface area contributed by atoms with Gasteiger partial charge in [0.1, 0.15) is 6.10 Å². The largest absolute Gasteiger partial charge is 0.386 e. The van der Waals surface area contributed by atoms with Gasteiger partial charge in [-0.15, -0.1) is 6.58 Å². The molecule has 1 atom stereocenters. The van der Waals surface area contributed by atoms with Gasteiger partial charge in [0.15, 0.2) is 0 Å². The minimum Gasteiger partial charge on any atom is -0.386 e. The Morgan fingerprint density at radius 3 is 2.71 bits per heavy atom. The third-order valence-electron chi connectivity index (χ3n) is 2.51. The Balaban J connectivity index is 2.19. The number of aliphatic hydroxyl groups excluding tert-OH is 1. The molecule has 0 saturated carbocycles. The molecular weight excluding hydrogens is 212 g/mol. The van der Waals surface area contributed by atoms with Gasteiger partial charge in [-0.2, -0.15) is 5.10 Å². The van der Waals surface area contributed by atoms with Crippen molar-refractivity contribution < 1.29 is 5.11 Å². The van der Waals surface area contributed by atoms with Crippen LogP contribution < -0.4 is 0 Å². The number of nitrogens with zero attached hydrogens (tertiary/aromatic N) is 2. The molecule has 0 radical (unpaired) electrons. The Bertz CT molecular complexity index is 502. The lowest BCUT2D eigenvalue weighted by Gasteiger charge is -2.06. The zero-order valence-corrected chi connectivity index (χ0v) is 9.87. The van der Waals surface area contributed by atoms with Crippen LogP contribution in [-0.2, 0) is 0 Å². The van der Waals surface area contributed by atoms with Crippen LogP contribution in [0.15, 0.2) is 54.7 Å². The van der Waals surface area contributed by atoms with Crippen LogP contribution in [0, 0.1) is 0 Å². The first-order valence-corrected chi connectivity index (χ1v) is 5.60. The minimum absolute atomic E-state index is 0.547. The number of benzene rings is 1. The van der Waals surface area contributed by atoms with Gasteiger partial charge in [-0.05, 0) is 31.5 Å². The predicted octanol–water partition coefficient (Wildman–Crippen LogP) is 2.87. The third-order valence-corrected chi connectivity index (χ3v) is 2.51. The van der Waals surface area contributed by atoms with Crippen molar-refractivity contribution in [3.63, 3.8) is 0 Å². The molecule has 2 rings (SSSR count). The van der Waals surface area contributed by atoms with Gasteiger partial charge in [-0.1, -0.05) is 23.8 Å². The number of para-hydroxylation sites is 1. The standard InChI is InChI=1S/C14H16N2O/c1-11(2)10-14(17)13-8-9-16(15-13)12-6-4-3-5-7-12/h3-9,14,17H,1,10H2,2H3. The Labute approximate surface area is 101 Å². The molecule has 0 aliphatic carbocycles. The van der Waals surface area contributed by atoms with Crippen molar-refractivity contribution in [3.8, 4) is 5.69 Å². The first-order valence-electron chi connectivity index (χ1n) is 5.60. The predicted molar refractivity (Wildman–Crippen MR) is 68.0 cm³/mol. The molecule has 2 aromatic rings. The van der Waals surface area contributed by atoms with Crippen LogP contribution in [0.1, 0.15) is 25.1 Å². The molecule has 1 N–H and O–H groups in total. The molecule has 1 unspecified atom stereocenters. The monoisotopic (exact) mass is 228 g/mol. The molecule has 0 fully saturated rings. The van der Waals surface area contributed by atoms with Crippen LogP contribution in [0.3, 0.4) is 0 Å². The summed E-state index contributed by atoms with van der Waals surface area (Å²) < 4.78 is 1.76. The Kier molecular flexibility index (Phi) is 3.40. The maximum Gasteiger partial charge on any atom is 0.101 e. The summed E-state index contributed by atoms with van der Waals surface area (Å²) in [7, 11) is 0. The van der Waals surface area contributed by atoms with E-state index in [4.69, 9.17) is 0 Å². The highest BCUT2D eigenvalue weighted by Gasteiger charge is 2.11. The molecule has 3 heteroatoms. The molecule has 0 amide bonds. The van der Waals surface area contributed by atoms with E-state index in [9.17, 15) is 5.11 Å². The summed E-state index contributed by atoms with van der Waals surface area (Å²) in [6.45, 7) is 5.69. The number of hydrogen-bond acceptors (Lipinski definition) is 2. The van der Waals surface area contributed by atoms with E-state index in [0.717, 1.165) is 11.3 Å². The first kappa shape index (κ1) is 11.6. The normalized spacial score (nSPS) is 12.4. The zero-order valence-electron chi connectivity index (χ0n) is 9.87. The van der Waals surface area contributed by atoms with E-state index in [1.165, 1.54) is 0 Å². The summed E-state index contributed by atoms with van der Waals surface area (Å²) in [5, 5.41) is 14.3. The average molecular weight is 228 g/mol. The van der Waals surface area contributed by atoms with Crippen LogP contribution in [0.4, 0.5) is 0 Å². The van der Waals surface area contributed by atoms with E-state index >= 15 is 0 Å². The second-order valence-electron chi connectivity index (χ2n) is 4.20. The van der Waals surface area contributed by atoms with Gasteiger partial charge in [-0.3, -0.25) is 0 Å². The molecule has 0 aliphatic heterocycles. The first-order chi connectivity index (χ1) is 8.16. The summed E-state index contributed by atoms with van der Waals surface area (Å²) in [5.41, 5.74) is 2.62. The molecule has 0 saturated heterocycles. The summed E-state index contributed by atoms with van der Waals surface area (Å²) in [6.07, 6.45) is 1.83. The number of aliphatic hydroxyl groups is 1. The Hall–Kier alpha value is -1.87. The van der Waals surface area contributed by atoms with E-state index in [2.05, 4.69) is 11.7 Å². The molecule has 1 aromatic carbocycles. The van der Waals surface area contributed by atoms with Crippen molar-refractivity contribution in [2.24, 2.45) is 0 Å². The molecule has 88 valence electrons. The van der Waals surface area contributed by atoms with Crippen LogP contribution in [0.2, 0.25) is 0 Å². The van der Waals surface area contributed by atoms with Gasteiger partial charge in [0.25, 0.3) is 0 Å². The zero-order chi connectivity index (χ0) is 12.3. The molecular formula is C14H16N2O. The quantitative estimate of drug-likeness (QED) is 0.817. The molecule has 3 nitrogen and oxygen atoms in total. The molecule has 1 aromatic heterocycles. The van der Waals surface area contributed by atoms with E-state index < -0.39 is 6.10 Å². The summed E-state index contributed by atoms with van der Waals surface area (Å²) in [5.74, 6) is 0. The van der Waals surface area contributed by atoms with Crippen molar-refractivity contribution >= 4 is 0 Å². The van der Waals surface area contributed by atoms with Gasteiger partial charge in [0.2, 0.25) is 0 Å². The highest BCUT2D eigenvalue weighted by Crippen LogP contribution is 2.19. The fourth-order valence-corrected chi connectivity index (χ4v) is 1.67. The number of aromatic nitrogens is 2. The average Bonchev–Trinajstić information content (AvgIpc) is 2.78. The van der Waals surface area contributed by atoms with Crippen molar-refractivity contribution in [1.29, 1.82) is 0 Å². The van der Waals surface area contributed by atoms with Crippen molar-refractivity contribution in [2.75, 3.05) is 0 Å². The Morgan fingerprint density at radius 1 is 1.35 bits per heavy atom. The van der Waals surface area contributed by atoms with Gasteiger partial charge in [0.05, 0.1) is 11.4 Å². The molecule has 17 heavy (non-hydrogen) atoms. The lowest BCUT2D eigenvalue weighted by molar-refractivity contribution is 0.173. The highest BCUT2D eigenvalue weighted by atomic mass is 16.3. The van der Waals surface area contributed by atoms with Crippen LogP contribution in [0.25, 0.3) is 5.69 Å². The van der Waals surface area contributed by atoms with E-state index in [1.807, 2.05) is 49.5 Å². The molecule has 0 aliphatic rings. The van der Waals surface area contributed by atoms with Crippen LogP contribution in [0.5, 0.6) is 0 Å². The smallest absolute Gasteiger partial charge is 0.101 e. The summed E-state index contributed by atoms with van der Waals surface area (Å²) in [6, 6.07) is 11.7. The lowest BCUT2D eigenvalue weighted by atomic mass is 10.1. The van der Waals surface area contributed by atoms with Gasteiger partial charge >= 0.3 is 0 Å². The minimum atomic E-state index is -0.572. The summed E-state index contributed by atoms with van der Waals surface area (Å²) >= 11 is 0. The second-order valence-corrected chi connectivity index (χ2v) is 4.20. The van der Waals surface area contributed by atoms with Gasteiger partial charge < -0.3 is 5.11 Å². The number of hydrogen-bond donors (Lipinski definition) is 1. The topological polar surface area (TPSA) is 38.0 Å².